The van der Waals surface area contributed by atoms with E-state index < -0.39 is 47.9 Å². The highest BCUT2D eigenvalue weighted by atomic mass is 16.7. The molecule has 0 saturated carbocycles. The molecule has 1 aromatic heterocycles. The van der Waals surface area contributed by atoms with Gasteiger partial charge in [0.2, 0.25) is 12.0 Å². The third-order valence-electron chi connectivity index (χ3n) is 5.64. The van der Waals surface area contributed by atoms with Gasteiger partial charge in [-0.05, 0) is 18.2 Å². The maximum absolute atomic E-state index is 12.8. The highest BCUT2D eigenvalue weighted by Crippen LogP contribution is 2.43. The summed E-state index contributed by atoms with van der Waals surface area (Å²) < 4.78 is 26.5. The van der Waals surface area contributed by atoms with Crippen LogP contribution >= 0.6 is 0 Å². The Morgan fingerprint density at radius 1 is 0.944 bits per heavy atom. The number of phenolic OH excluding ortho intramolecular Hbond substituents is 2. The van der Waals surface area contributed by atoms with Gasteiger partial charge in [0.15, 0.2) is 34.5 Å². The molecule has 192 valence electrons. The van der Waals surface area contributed by atoms with E-state index in [0.717, 1.165) is 19.2 Å². The molecule has 5 atom stereocenters. The lowest BCUT2D eigenvalue weighted by atomic mass is 9.99. The third kappa shape index (κ3) is 4.24. The molecule has 13 nitrogen and oxygen atoms in total. The van der Waals surface area contributed by atoms with Crippen LogP contribution in [0.4, 0.5) is 0 Å². The normalized spacial score (nSPS) is 23.9. The number of ether oxygens (including phenoxy) is 4. The molecule has 4 rings (SSSR count). The summed E-state index contributed by atoms with van der Waals surface area (Å²) in [5.74, 6) is -3.00. The number of carboxylic acid groups (broad SMARTS) is 1. The van der Waals surface area contributed by atoms with Crippen molar-refractivity contribution in [3.8, 4) is 40.1 Å². The summed E-state index contributed by atoms with van der Waals surface area (Å²) in [6, 6.07) is 6.50. The molecule has 2 heterocycles. The average Bonchev–Trinajstić information content (AvgIpc) is 2.83. The topological polar surface area (TPSA) is 206 Å². The molecule has 0 unspecified atom stereocenters. The Bertz CT molecular complexity index is 1360. The Morgan fingerprint density at radius 2 is 1.67 bits per heavy atom. The zero-order valence-corrected chi connectivity index (χ0v) is 18.8. The number of rotatable bonds is 6. The molecule has 0 radical (unpaired) electrons. The minimum Gasteiger partial charge on any atom is -0.504 e. The number of hydrogen-bond acceptors (Lipinski definition) is 12. The quantitative estimate of drug-likeness (QED) is 0.264. The van der Waals surface area contributed by atoms with E-state index >= 15 is 0 Å². The van der Waals surface area contributed by atoms with E-state index in [1.54, 1.807) is 0 Å². The first-order valence-corrected chi connectivity index (χ1v) is 10.4. The molecule has 0 aliphatic carbocycles. The molecule has 3 aromatic rings. The van der Waals surface area contributed by atoms with Gasteiger partial charge in [0.1, 0.15) is 35.0 Å². The molecular formula is C23H22O13. The van der Waals surface area contributed by atoms with Crippen molar-refractivity contribution in [3.63, 3.8) is 0 Å². The van der Waals surface area contributed by atoms with Gasteiger partial charge < -0.3 is 54.0 Å². The molecule has 0 bridgehead atoms. The van der Waals surface area contributed by atoms with Gasteiger partial charge in [0.25, 0.3) is 0 Å². The third-order valence-corrected chi connectivity index (χ3v) is 5.64. The number of carbonyl (C=O) groups is 1. The first-order chi connectivity index (χ1) is 17.1. The van der Waals surface area contributed by atoms with E-state index in [4.69, 9.17) is 23.4 Å². The van der Waals surface area contributed by atoms with Crippen LogP contribution in [0.1, 0.15) is 0 Å². The minimum absolute atomic E-state index is 0.0133. The summed E-state index contributed by atoms with van der Waals surface area (Å²) in [6.45, 7) is 0. The maximum atomic E-state index is 12.8. The number of fused-ring (bicyclic) bond motifs is 1. The molecule has 13 heteroatoms. The summed E-state index contributed by atoms with van der Waals surface area (Å²) in [5.41, 5.74) is -0.554. The Labute approximate surface area is 201 Å². The lowest BCUT2D eigenvalue weighted by molar-refractivity contribution is -0.271. The molecule has 1 aliphatic heterocycles. The van der Waals surface area contributed by atoms with Gasteiger partial charge in [-0.25, -0.2) is 4.79 Å². The molecule has 1 fully saturated rings. The summed E-state index contributed by atoms with van der Waals surface area (Å²) >= 11 is 0. The van der Waals surface area contributed by atoms with E-state index in [9.17, 15) is 40.2 Å². The zero-order chi connectivity index (χ0) is 26.3. The number of methoxy groups -OCH3 is 2. The highest BCUT2D eigenvalue weighted by molar-refractivity contribution is 5.89. The van der Waals surface area contributed by atoms with Crippen molar-refractivity contribution in [1.82, 2.24) is 0 Å². The van der Waals surface area contributed by atoms with E-state index in [2.05, 4.69) is 0 Å². The van der Waals surface area contributed by atoms with Crippen LogP contribution in [0.3, 0.4) is 0 Å². The van der Waals surface area contributed by atoms with Crippen LogP contribution in [-0.4, -0.2) is 81.5 Å². The Balaban J connectivity index is 1.80. The van der Waals surface area contributed by atoms with Crippen LogP contribution in [0.5, 0.6) is 28.7 Å². The summed E-state index contributed by atoms with van der Waals surface area (Å²) in [4.78, 5) is 24.2. The van der Waals surface area contributed by atoms with E-state index in [1.807, 2.05) is 0 Å². The van der Waals surface area contributed by atoms with Gasteiger partial charge >= 0.3 is 5.97 Å². The SMILES string of the molecule is COc1ccc(-c2cc(=O)c3c(O)c(OC)c(O[C@@H]4O[C@H](C(=O)O)[C@H](O)[C@H](O)[C@H]4O)cc3o2)cc1O. The number of aliphatic hydroxyl groups is 3. The van der Waals surface area contributed by atoms with E-state index in [1.165, 1.54) is 25.3 Å². The van der Waals surface area contributed by atoms with Crippen LogP contribution in [0.2, 0.25) is 0 Å². The largest absolute Gasteiger partial charge is 0.504 e. The Morgan fingerprint density at radius 3 is 2.28 bits per heavy atom. The monoisotopic (exact) mass is 506 g/mol. The number of aromatic hydroxyl groups is 2. The number of carboxylic acids is 1. The van der Waals surface area contributed by atoms with Crippen LogP contribution in [0.15, 0.2) is 39.5 Å². The van der Waals surface area contributed by atoms with Crippen LogP contribution in [0.25, 0.3) is 22.3 Å². The van der Waals surface area contributed by atoms with Gasteiger partial charge in [0, 0.05) is 17.7 Å². The van der Waals surface area contributed by atoms with Crippen molar-refractivity contribution in [1.29, 1.82) is 0 Å². The predicted octanol–water partition coefficient (Wildman–Crippen LogP) is 0.159. The molecular weight excluding hydrogens is 484 g/mol. The fourth-order valence-corrected chi connectivity index (χ4v) is 3.81. The number of phenols is 2. The van der Waals surface area contributed by atoms with E-state index in [-0.39, 0.29) is 39.7 Å². The standard InChI is InChI=1S/C23H22O13/c1-32-11-4-3-8(5-9(11)24)12-6-10(25)15-13(34-12)7-14(20(33-2)16(15)26)35-23-19(29)17(27)18(28)21(36-23)22(30)31/h3-7,17-19,21,23-24,26-29H,1-2H3,(H,30,31)/t17-,18+,19+,21-,23+/m0/s1. The van der Waals surface area contributed by atoms with Crippen molar-refractivity contribution in [3.05, 3.63) is 40.6 Å². The first kappa shape index (κ1) is 25.1. The second-order valence-corrected chi connectivity index (χ2v) is 7.84. The van der Waals surface area contributed by atoms with Crippen molar-refractivity contribution in [2.75, 3.05) is 14.2 Å². The molecule has 2 aromatic carbocycles. The fraction of sp³-hybridized carbons (Fsp3) is 0.304. The van der Waals surface area contributed by atoms with Crippen molar-refractivity contribution >= 4 is 16.9 Å². The lowest BCUT2D eigenvalue weighted by Gasteiger charge is -2.38. The fourth-order valence-electron chi connectivity index (χ4n) is 3.81. The predicted molar refractivity (Wildman–Crippen MR) is 119 cm³/mol. The molecule has 0 spiro atoms. The van der Waals surface area contributed by atoms with E-state index in [0.29, 0.717) is 5.56 Å². The first-order valence-electron chi connectivity index (χ1n) is 10.4. The number of aliphatic hydroxyl groups excluding tert-OH is 3. The molecule has 1 saturated heterocycles. The Kier molecular flexibility index (Phi) is 6.65. The zero-order valence-electron chi connectivity index (χ0n) is 18.8. The molecule has 36 heavy (non-hydrogen) atoms. The summed E-state index contributed by atoms with van der Waals surface area (Å²) in [6.07, 6.45) is -9.51. The number of benzene rings is 2. The van der Waals surface area contributed by atoms with Crippen LogP contribution in [0, 0.1) is 0 Å². The van der Waals surface area contributed by atoms with Gasteiger partial charge in [-0.15, -0.1) is 0 Å². The van der Waals surface area contributed by atoms with Gasteiger partial charge in [0.05, 0.1) is 14.2 Å². The average molecular weight is 506 g/mol. The van der Waals surface area contributed by atoms with Crippen LogP contribution in [-0.2, 0) is 9.53 Å². The van der Waals surface area contributed by atoms with Gasteiger partial charge in [-0.2, -0.15) is 0 Å². The second kappa shape index (κ2) is 9.54. The highest BCUT2D eigenvalue weighted by Gasteiger charge is 2.48. The van der Waals surface area contributed by atoms with Crippen LogP contribution < -0.4 is 19.6 Å². The smallest absolute Gasteiger partial charge is 0.335 e. The van der Waals surface area contributed by atoms with Crippen molar-refractivity contribution in [2.45, 2.75) is 30.7 Å². The summed E-state index contributed by atoms with van der Waals surface area (Å²) in [7, 11) is 2.52. The maximum Gasteiger partial charge on any atom is 0.335 e. The van der Waals surface area contributed by atoms with Gasteiger partial charge in [-0.3, -0.25) is 4.79 Å². The summed E-state index contributed by atoms with van der Waals surface area (Å²) in [5, 5.41) is 59.9. The van der Waals surface area contributed by atoms with Crippen molar-refractivity contribution in [2.24, 2.45) is 0 Å². The molecule has 0 amide bonds. The second-order valence-electron chi connectivity index (χ2n) is 7.84. The lowest BCUT2D eigenvalue weighted by Crippen LogP contribution is -2.61. The Hall–Kier alpha value is -4.04. The minimum atomic E-state index is -1.94. The number of hydrogen-bond donors (Lipinski definition) is 6. The molecule has 1 aliphatic rings. The van der Waals surface area contributed by atoms with Gasteiger partial charge in [-0.1, -0.05) is 0 Å². The van der Waals surface area contributed by atoms with Crippen molar-refractivity contribution < 1.29 is 58.8 Å². The number of aliphatic carboxylic acids is 1. The molecule has 6 N–H and O–H groups in total.